The summed E-state index contributed by atoms with van der Waals surface area (Å²) in [7, 11) is 1.60. The smallest absolute Gasteiger partial charge is 0.317 e. The van der Waals surface area contributed by atoms with Crippen molar-refractivity contribution in [3.8, 4) is 0 Å². The van der Waals surface area contributed by atoms with E-state index in [1.54, 1.807) is 7.11 Å². The molecule has 2 amide bonds. The number of nitrogens with one attached hydrogen (secondary N) is 1. The minimum atomic E-state index is -0.944. The second-order valence-corrected chi connectivity index (χ2v) is 5.37. The Morgan fingerprint density at radius 3 is 2.86 bits per heavy atom. The van der Waals surface area contributed by atoms with Gasteiger partial charge in [-0.1, -0.05) is 0 Å². The molecule has 2 unspecified atom stereocenters. The maximum atomic E-state index is 12.3. The molecule has 2 rings (SSSR count). The monoisotopic (exact) mass is 302 g/mol. The SMILES string of the molecule is COC1(CNC(=O)N2CCOCC2CC(=O)O)CCOC1. The number of carbonyl (C=O) groups excluding carboxylic acids is 1. The molecule has 2 N–H and O–H groups in total. The van der Waals surface area contributed by atoms with Gasteiger partial charge < -0.3 is 29.5 Å². The fourth-order valence-corrected chi connectivity index (χ4v) is 2.59. The van der Waals surface area contributed by atoms with Crippen LogP contribution in [0, 0.1) is 0 Å². The van der Waals surface area contributed by atoms with Gasteiger partial charge in [-0.05, 0) is 0 Å². The lowest BCUT2D eigenvalue weighted by atomic mass is 10.0. The molecule has 0 bridgehead atoms. The maximum absolute atomic E-state index is 12.3. The van der Waals surface area contributed by atoms with E-state index >= 15 is 0 Å². The van der Waals surface area contributed by atoms with Crippen LogP contribution in [0.1, 0.15) is 12.8 Å². The van der Waals surface area contributed by atoms with Crippen LogP contribution < -0.4 is 5.32 Å². The van der Waals surface area contributed by atoms with E-state index in [9.17, 15) is 9.59 Å². The van der Waals surface area contributed by atoms with Crippen LogP contribution in [0.4, 0.5) is 4.79 Å². The number of methoxy groups -OCH3 is 1. The molecule has 2 heterocycles. The summed E-state index contributed by atoms with van der Waals surface area (Å²) < 4.78 is 16.0. The van der Waals surface area contributed by atoms with E-state index in [-0.39, 0.29) is 19.1 Å². The van der Waals surface area contributed by atoms with Crippen molar-refractivity contribution in [2.24, 2.45) is 0 Å². The molecule has 0 aromatic carbocycles. The van der Waals surface area contributed by atoms with E-state index in [0.717, 1.165) is 6.42 Å². The number of carbonyl (C=O) groups is 2. The molecular formula is C13H22N2O6. The Hall–Kier alpha value is -1.38. The molecule has 2 aliphatic rings. The van der Waals surface area contributed by atoms with Gasteiger partial charge in [0.2, 0.25) is 0 Å². The third-order valence-electron chi connectivity index (χ3n) is 3.96. The number of aliphatic carboxylic acids is 1. The van der Waals surface area contributed by atoms with E-state index in [1.165, 1.54) is 4.90 Å². The zero-order valence-electron chi connectivity index (χ0n) is 12.2. The topological polar surface area (TPSA) is 97.3 Å². The van der Waals surface area contributed by atoms with Crippen LogP contribution in [-0.2, 0) is 19.0 Å². The van der Waals surface area contributed by atoms with Crippen molar-refractivity contribution in [3.63, 3.8) is 0 Å². The average molecular weight is 302 g/mol. The van der Waals surface area contributed by atoms with Crippen molar-refractivity contribution in [1.29, 1.82) is 0 Å². The number of amides is 2. The third kappa shape index (κ3) is 4.05. The van der Waals surface area contributed by atoms with Crippen LogP contribution >= 0.6 is 0 Å². The molecule has 120 valence electrons. The molecule has 0 radical (unpaired) electrons. The first-order valence-corrected chi connectivity index (χ1v) is 7.03. The van der Waals surface area contributed by atoms with Crippen molar-refractivity contribution >= 4 is 12.0 Å². The third-order valence-corrected chi connectivity index (χ3v) is 3.96. The van der Waals surface area contributed by atoms with Crippen LogP contribution in [0.5, 0.6) is 0 Å². The molecule has 0 spiro atoms. The van der Waals surface area contributed by atoms with Crippen molar-refractivity contribution < 1.29 is 28.9 Å². The summed E-state index contributed by atoms with van der Waals surface area (Å²) in [5, 5.41) is 11.7. The van der Waals surface area contributed by atoms with Gasteiger partial charge >= 0.3 is 12.0 Å². The summed E-state index contributed by atoms with van der Waals surface area (Å²) in [5.74, 6) is -0.944. The molecule has 2 fully saturated rings. The van der Waals surface area contributed by atoms with Crippen LogP contribution in [0.3, 0.4) is 0 Å². The molecular weight excluding hydrogens is 280 g/mol. The molecule has 8 heteroatoms. The van der Waals surface area contributed by atoms with Crippen molar-refractivity contribution in [2.75, 3.05) is 46.6 Å². The Balaban J connectivity index is 1.89. The molecule has 2 atom stereocenters. The summed E-state index contributed by atoms with van der Waals surface area (Å²) in [6.45, 7) is 2.47. The van der Waals surface area contributed by atoms with Gasteiger partial charge in [0.15, 0.2) is 0 Å². The van der Waals surface area contributed by atoms with E-state index in [0.29, 0.717) is 32.9 Å². The van der Waals surface area contributed by atoms with Crippen LogP contribution in [0.25, 0.3) is 0 Å². The first-order chi connectivity index (χ1) is 10.1. The Bertz CT molecular complexity index is 383. The number of hydrogen-bond donors (Lipinski definition) is 2. The van der Waals surface area contributed by atoms with Gasteiger partial charge in [0.25, 0.3) is 0 Å². The molecule has 0 aromatic rings. The van der Waals surface area contributed by atoms with Crippen LogP contribution in [-0.4, -0.2) is 80.3 Å². The lowest BCUT2D eigenvalue weighted by Crippen LogP contribution is -2.55. The summed E-state index contributed by atoms with van der Waals surface area (Å²) in [5.41, 5.74) is -0.482. The zero-order valence-corrected chi connectivity index (χ0v) is 12.2. The summed E-state index contributed by atoms with van der Waals surface area (Å²) in [6, 6.07) is -0.720. The molecule has 2 aliphatic heterocycles. The Morgan fingerprint density at radius 1 is 1.43 bits per heavy atom. The molecule has 0 aliphatic carbocycles. The van der Waals surface area contributed by atoms with E-state index in [1.807, 2.05) is 0 Å². The van der Waals surface area contributed by atoms with E-state index < -0.39 is 17.6 Å². The second kappa shape index (κ2) is 7.06. The molecule has 2 saturated heterocycles. The standard InChI is InChI=1S/C13H22N2O6/c1-19-13(2-4-21-9-13)8-14-12(18)15-3-5-20-7-10(15)6-11(16)17/h10H,2-9H2,1H3,(H,14,18)(H,16,17). The highest BCUT2D eigenvalue weighted by atomic mass is 16.5. The highest BCUT2D eigenvalue weighted by Gasteiger charge is 2.36. The molecule has 8 nitrogen and oxygen atoms in total. The summed E-state index contributed by atoms with van der Waals surface area (Å²) in [4.78, 5) is 24.6. The van der Waals surface area contributed by atoms with Gasteiger partial charge in [0.05, 0.1) is 38.8 Å². The Morgan fingerprint density at radius 2 is 2.24 bits per heavy atom. The number of ether oxygens (including phenoxy) is 3. The summed E-state index contributed by atoms with van der Waals surface area (Å²) >= 11 is 0. The fourth-order valence-electron chi connectivity index (χ4n) is 2.59. The fraction of sp³-hybridized carbons (Fsp3) is 0.846. The van der Waals surface area contributed by atoms with Crippen LogP contribution in [0.15, 0.2) is 0 Å². The quantitative estimate of drug-likeness (QED) is 0.722. The van der Waals surface area contributed by atoms with Crippen molar-refractivity contribution in [1.82, 2.24) is 10.2 Å². The lowest BCUT2D eigenvalue weighted by Gasteiger charge is -2.36. The predicted octanol–water partition coefficient (Wildman–Crippen LogP) is -0.323. The average Bonchev–Trinajstić information content (AvgIpc) is 2.94. The lowest BCUT2D eigenvalue weighted by molar-refractivity contribution is -0.139. The zero-order chi connectivity index (χ0) is 15.3. The Labute approximate surface area is 123 Å². The maximum Gasteiger partial charge on any atom is 0.317 e. The molecule has 0 aromatic heterocycles. The molecule has 0 saturated carbocycles. The van der Waals surface area contributed by atoms with Gasteiger partial charge in [-0.25, -0.2) is 4.79 Å². The summed E-state index contributed by atoms with van der Waals surface area (Å²) in [6.07, 6.45) is 0.609. The van der Waals surface area contributed by atoms with Crippen molar-refractivity contribution in [3.05, 3.63) is 0 Å². The van der Waals surface area contributed by atoms with Gasteiger partial charge in [-0.3, -0.25) is 4.79 Å². The number of urea groups is 1. The second-order valence-electron chi connectivity index (χ2n) is 5.37. The number of nitrogens with zero attached hydrogens (tertiary/aromatic N) is 1. The van der Waals surface area contributed by atoms with E-state index in [2.05, 4.69) is 5.32 Å². The first-order valence-electron chi connectivity index (χ1n) is 7.03. The van der Waals surface area contributed by atoms with Gasteiger partial charge in [-0.15, -0.1) is 0 Å². The Kier molecular flexibility index (Phi) is 5.38. The number of carboxylic acids is 1. The largest absolute Gasteiger partial charge is 0.481 e. The van der Waals surface area contributed by atoms with Gasteiger partial charge in [0.1, 0.15) is 5.60 Å². The number of hydrogen-bond acceptors (Lipinski definition) is 5. The van der Waals surface area contributed by atoms with Crippen LogP contribution in [0.2, 0.25) is 0 Å². The number of rotatable bonds is 5. The number of carboxylic acid groups (broad SMARTS) is 1. The minimum Gasteiger partial charge on any atom is -0.481 e. The molecule has 21 heavy (non-hydrogen) atoms. The minimum absolute atomic E-state index is 0.119. The predicted molar refractivity (Wildman–Crippen MR) is 72.1 cm³/mol. The van der Waals surface area contributed by atoms with Gasteiger partial charge in [-0.2, -0.15) is 0 Å². The highest BCUT2D eigenvalue weighted by Crippen LogP contribution is 2.21. The van der Waals surface area contributed by atoms with Crippen molar-refractivity contribution in [2.45, 2.75) is 24.5 Å². The van der Waals surface area contributed by atoms with E-state index in [4.69, 9.17) is 19.3 Å². The van der Waals surface area contributed by atoms with Gasteiger partial charge in [0, 0.05) is 26.7 Å². The first kappa shape index (κ1) is 16.0. The number of morpholine rings is 1. The highest BCUT2D eigenvalue weighted by molar-refractivity contribution is 5.76. The normalized spacial score (nSPS) is 29.4.